The first kappa shape index (κ1) is 14.3. The van der Waals surface area contributed by atoms with Crippen molar-refractivity contribution in [2.75, 3.05) is 18.9 Å². The summed E-state index contributed by atoms with van der Waals surface area (Å²) in [5.41, 5.74) is 7.62. The molecule has 0 aliphatic carbocycles. The molecular formula is C13H20N2O3S. The zero-order valence-corrected chi connectivity index (χ0v) is 12.1. The number of anilines is 1. The second-order valence-corrected chi connectivity index (χ2v) is 6.67. The SMILES string of the molecule is Cc1cc(N)cc(C)c1S(=O)(=O)NCC1CCCO1. The van der Waals surface area contributed by atoms with Gasteiger partial charge in [-0.25, -0.2) is 13.1 Å². The van der Waals surface area contributed by atoms with Crippen molar-refractivity contribution < 1.29 is 13.2 Å². The van der Waals surface area contributed by atoms with Crippen LogP contribution in [0.3, 0.4) is 0 Å². The van der Waals surface area contributed by atoms with Gasteiger partial charge in [-0.05, 0) is 49.9 Å². The molecule has 1 aliphatic heterocycles. The van der Waals surface area contributed by atoms with Crippen molar-refractivity contribution >= 4 is 15.7 Å². The van der Waals surface area contributed by atoms with Gasteiger partial charge in [-0.1, -0.05) is 0 Å². The van der Waals surface area contributed by atoms with E-state index in [2.05, 4.69) is 4.72 Å². The highest BCUT2D eigenvalue weighted by molar-refractivity contribution is 7.89. The summed E-state index contributed by atoms with van der Waals surface area (Å²) in [7, 11) is -3.51. The first-order valence-electron chi connectivity index (χ1n) is 6.38. The minimum Gasteiger partial charge on any atom is -0.399 e. The summed E-state index contributed by atoms with van der Waals surface area (Å²) in [4.78, 5) is 0.319. The molecule has 3 N–H and O–H groups in total. The third kappa shape index (κ3) is 3.26. The van der Waals surface area contributed by atoms with Gasteiger partial charge in [0, 0.05) is 18.8 Å². The monoisotopic (exact) mass is 284 g/mol. The molecule has 1 aromatic rings. The van der Waals surface area contributed by atoms with Crippen molar-refractivity contribution in [3.05, 3.63) is 23.3 Å². The van der Waals surface area contributed by atoms with Crippen LogP contribution >= 0.6 is 0 Å². The van der Waals surface area contributed by atoms with E-state index in [1.54, 1.807) is 26.0 Å². The van der Waals surface area contributed by atoms with Crippen LogP contribution in [0.5, 0.6) is 0 Å². The molecule has 0 amide bonds. The van der Waals surface area contributed by atoms with Gasteiger partial charge in [-0.15, -0.1) is 0 Å². The number of benzene rings is 1. The van der Waals surface area contributed by atoms with Gasteiger partial charge in [-0.3, -0.25) is 0 Å². The summed E-state index contributed by atoms with van der Waals surface area (Å²) in [6, 6.07) is 3.35. The van der Waals surface area contributed by atoms with Gasteiger partial charge in [0.2, 0.25) is 10.0 Å². The Labute approximate surface area is 114 Å². The highest BCUT2D eigenvalue weighted by Crippen LogP contribution is 2.23. The van der Waals surface area contributed by atoms with Crippen molar-refractivity contribution in [1.29, 1.82) is 0 Å². The molecule has 5 nitrogen and oxygen atoms in total. The van der Waals surface area contributed by atoms with E-state index in [1.807, 2.05) is 0 Å². The van der Waals surface area contributed by atoms with E-state index in [9.17, 15) is 8.42 Å². The van der Waals surface area contributed by atoms with Gasteiger partial charge in [0.05, 0.1) is 11.0 Å². The maximum absolute atomic E-state index is 12.3. The summed E-state index contributed by atoms with van der Waals surface area (Å²) in [5, 5.41) is 0. The molecule has 1 aromatic carbocycles. The van der Waals surface area contributed by atoms with Crippen LogP contribution in [0.4, 0.5) is 5.69 Å². The van der Waals surface area contributed by atoms with E-state index in [-0.39, 0.29) is 6.10 Å². The number of rotatable bonds is 4. The summed E-state index contributed by atoms with van der Waals surface area (Å²) in [5.74, 6) is 0. The number of hydrogen-bond acceptors (Lipinski definition) is 4. The topological polar surface area (TPSA) is 81.4 Å². The third-order valence-electron chi connectivity index (χ3n) is 3.28. The van der Waals surface area contributed by atoms with Crippen LogP contribution in [0.15, 0.2) is 17.0 Å². The second-order valence-electron chi connectivity index (χ2n) is 4.97. The first-order valence-corrected chi connectivity index (χ1v) is 7.86. The van der Waals surface area contributed by atoms with Crippen LogP contribution in [0.2, 0.25) is 0 Å². The molecule has 0 radical (unpaired) electrons. The van der Waals surface area contributed by atoms with Crippen molar-refractivity contribution in [2.24, 2.45) is 0 Å². The summed E-state index contributed by atoms with van der Waals surface area (Å²) < 4.78 is 32.7. The smallest absolute Gasteiger partial charge is 0.241 e. The zero-order valence-electron chi connectivity index (χ0n) is 11.3. The van der Waals surface area contributed by atoms with Crippen molar-refractivity contribution in [2.45, 2.75) is 37.7 Å². The van der Waals surface area contributed by atoms with Gasteiger partial charge in [0.25, 0.3) is 0 Å². The maximum atomic E-state index is 12.3. The lowest BCUT2D eigenvalue weighted by Gasteiger charge is -2.15. The quantitative estimate of drug-likeness (QED) is 0.818. The predicted octanol–water partition coefficient (Wildman–Crippen LogP) is 1.34. The van der Waals surface area contributed by atoms with Crippen molar-refractivity contribution in [3.63, 3.8) is 0 Å². The molecule has 6 heteroatoms. The first-order chi connectivity index (χ1) is 8.90. The predicted molar refractivity (Wildman–Crippen MR) is 74.5 cm³/mol. The maximum Gasteiger partial charge on any atom is 0.241 e. The van der Waals surface area contributed by atoms with Gasteiger partial charge >= 0.3 is 0 Å². The molecule has 1 heterocycles. The van der Waals surface area contributed by atoms with Gasteiger partial charge < -0.3 is 10.5 Å². The van der Waals surface area contributed by atoms with Crippen LogP contribution in [-0.2, 0) is 14.8 Å². The fourth-order valence-corrected chi connectivity index (χ4v) is 4.00. The van der Waals surface area contributed by atoms with Crippen LogP contribution in [0.25, 0.3) is 0 Å². The lowest BCUT2D eigenvalue weighted by Crippen LogP contribution is -2.32. The minimum atomic E-state index is -3.51. The summed E-state index contributed by atoms with van der Waals surface area (Å²) in [6.07, 6.45) is 1.89. The standard InChI is InChI=1S/C13H20N2O3S/c1-9-6-11(14)7-10(2)13(9)19(16,17)15-8-12-4-3-5-18-12/h6-7,12,15H,3-5,8,14H2,1-2H3. The van der Waals surface area contributed by atoms with E-state index >= 15 is 0 Å². The number of nitrogen functional groups attached to an aromatic ring is 1. The fourth-order valence-electron chi connectivity index (χ4n) is 2.49. The summed E-state index contributed by atoms with van der Waals surface area (Å²) >= 11 is 0. The Hall–Kier alpha value is -1.11. The molecule has 1 atom stereocenters. The second kappa shape index (κ2) is 5.48. The van der Waals surface area contributed by atoms with E-state index in [4.69, 9.17) is 10.5 Å². The zero-order chi connectivity index (χ0) is 14.0. The average molecular weight is 284 g/mol. The molecule has 1 saturated heterocycles. The number of aryl methyl sites for hydroxylation is 2. The van der Waals surface area contributed by atoms with Crippen LogP contribution in [0.1, 0.15) is 24.0 Å². The molecule has 0 spiro atoms. The van der Waals surface area contributed by atoms with Crippen molar-refractivity contribution in [3.8, 4) is 0 Å². The highest BCUT2D eigenvalue weighted by atomic mass is 32.2. The molecule has 2 rings (SSSR count). The molecule has 0 saturated carbocycles. The molecule has 1 aliphatic rings. The number of hydrogen-bond donors (Lipinski definition) is 2. The van der Waals surface area contributed by atoms with E-state index in [0.29, 0.717) is 34.9 Å². The Kier molecular flexibility index (Phi) is 4.13. The number of sulfonamides is 1. The molecule has 0 aromatic heterocycles. The lowest BCUT2D eigenvalue weighted by molar-refractivity contribution is 0.114. The average Bonchev–Trinajstić information content (AvgIpc) is 2.77. The van der Waals surface area contributed by atoms with Gasteiger partial charge in [-0.2, -0.15) is 0 Å². The lowest BCUT2D eigenvalue weighted by atomic mass is 10.1. The van der Waals surface area contributed by atoms with E-state index in [1.165, 1.54) is 0 Å². The fraction of sp³-hybridized carbons (Fsp3) is 0.538. The number of ether oxygens (including phenoxy) is 1. The Balaban J connectivity index is 2.19. The van der Waals surface area contributed by atoms with E-state index < -0.39 is 10.0 Å². The number of nitrogens with one attached hydrogen (secondary N) is 1. The largest absolute Gasteiger partial charge is 0.399 e. The molecule has 1 fully saturated rings. The molecule has 106 valence electrons. The van der Waals surface area contributed by atoms with Crippen LogP contribution < -0.4 is 10.5 Å². The van der Waals surface area contributed by atoms with E-state index in [0.717, 1.165) is 12.8 Å². The molecule has 0 bridgehead atoms. The number of nitrogens with two attached hydrogens (primary N) is 1. The molecular weight excluding hydrogens is 264 g/mol. The van der Waals surface area contributed by atoms with Gasteiger partial charge in [0.15, 0.2) is 0 Å². The normalized spacial score (nSPS) is 19.8. The molecule has 19 heavy (non-hydrogen) atoms. The Morgan fingerprint density at radius 2 is 2.00 bits per heavy atom. The van der Waals surface area contributed by atoms with Crippen molar-refractivity contribution in [1.82, 2.24) is 4.72 Å². The summed E-state index contributed by atoms with van der Waals surface area (Å²) in [6.45, 7) is 4.55. The third-order valence-corrected chi connectivity index (χ3v) is 5.00. The Morgan fingerprint density at radius 3 is 2.53 bits per heavy atom. The van der Waals surface area contributed by atoms with Crippen LogP contribution in [-0.4, -0.2) is 27.7 Å². The highest BCUT2D eigenvalue weighted by Gasteiger charge is 2.23. The Bertz CT molecular complexity index is 540. The van der Waals surface area contributed by atoms with Gasteiger partial charge in [0.1, 0.15) is 0 Å². The minimum absolute atomic E-state index is 0.0100. The Morgan fingerprint density at radius 1 is 1.37 bits per heavy atom. The molecule has 1 unspecified atom stereocenters. The van der Waals surface area contributed by atoms with Crippen LogP contribution in [0, 0.1) is 13.8 Å².